The first-order valence-electron chi connectivity index (χ1n) is 5.68. The normalized spacial score (nSPS) is 12.9. The van der Waals surface area contributed by atoms with E-state index >= 15 is 0 Å². The summed E-state index contributed by atoms with van der Waals surface area (Å²) < 4.78 is 5.73. The molecule has 0 aliphatic carbocycles. The lowest BCUT2D eigenvalue weighted by atomic mass is 10.1. The number of halogens is 1. The molecular weight excluding hydrogens is 222 g/mol. The van der Waals surface area contributed by atoms with Gasteiger partial charge in [-0.15, -0.1) is 0 Å². The summed E-state index contributed by atoms with van der Waals surface area (Å²) in [7, 11) is 0. The van der Waals surface area contributed by atoms with Gasteiger partial charge >= 0.3 is 0 Å². The summed E-state index contributed by atoms with van der Waals surface area (Å²) in [6.07, 6.45) is 1.04. The monoisotopic (exact) mass is 241 g/mol. The van der Waals surface area contributed by atoms with Gasteiger partial charge in [0, 0.05) is 16.6 Å². The molecule has 0 spiro atoms. The van der Waals surface area contributed by atoms with E-state index < -0.39 is 0 Å². The minimum absolute atomic E-state index is 0.0623. The van der Waals surface area contributed by atoms with Gasteiger partial charge in [0.05, 0.1) is 6.61 Å². The Morgan fingerprint density at radius 1 is 1.31 bits per heavy atom. The van der Waals surface area contributed by atoms with Crippen molar-refractivity contribution in [2.75, 3.05) is 6.61 Å². The first kappa shape index (κ1) is 13.3. The van der Waals surface area contributed by atoms with Gasteiger partial charge in [0.2, 0.25) is 0 Å². The minimum Gasteiger partial charge on any atom is -0.493 e. The fourth-order valence-electron chi connectivity index (χ4n) is 1.41. The van der Waals surface area contributed by atoms with Crippen LogP contribution in [-0.2, 0) is 0 Å². The van der Waals surface area contributed by atoms with Crippen LogP contribution in [0.3, 0.4) is 0 Å². The van der Waals surface area contributed by atoms with Gasteiger partial charge < -0.3 is 10.5 Å². The number of ether oxygens (including phenoxy) is 1. The van der Waals surface area contributed by atoms with Crippen LogP contribution in [0, 0.1) is 5.92 Å². The zero-order valence-corrected chi connectivity index (χ0v) is 10.9. The van der Waals surface area contributed by atoms with E-state index in [2.05, 4.69) is 13.8 Å². The molecule has 0 aliphatic rings. The van der Waals surface area contributed by atoms with Gasteiger partial charge in [-0.2, -0.15) is 0 Å². The van der Waals surface area contributed by atoms with Crippen LogP contribution in [0.25, 0.3) is 0 Å². The zero-order chi connectivity index (χ0) is 12.1. The fraction of sp³-hybridized carbons (Fsp3) is 0.538. The molecule has 0 heterocycles. The van der Waals surface area contributed by atoms with E-state index in [9.17, 15) is 0 Å². The second-order valence-electron chi connectivity index (χ2n) is 4.50. The topological polar surface area (TPSA) is 35.2 Å². The average molecular weight is 242 g/mol. The predicted molar refractivity (Wildman–Crippen MR) is 69.0 cm³/mol. The summed E-state index contributed by atoms with van der Waals surface area (Å²) in [4.78, 5) is 0. The largest absolute Gasteiger partial charge is 0.493 e. The third-order valence-electron chi connectivity index (χ3n) is 2.42. The van der Waals surface area contributed by atoms with Gasteiger partial charge in [0.25, 0.3) is 0 Å². The summed E-state index contributed by atoms with van der Waals surface area (Å²) in [5, 5.41) is 0.698. The highest BCUT2D eigenvalue weighted by Crippen LogP contribution is 2.27. The highest BCUT2D eigenvalue weighted by Gasteiger charge is 2.09. The maximum atomic E-state index is 5.93. The van der Waals surface area contributed by atoms with Gasteiger partial charge in [-0.1, -0.05) is 25.4 Å². The van der Waals surface area contributed by atoms with Crippen molar-refractivity contribution in [2.24, 2.45) is 11.7 Å². The first-order chi connectivity index (χ1) is 7.50. The van der Waals surface area contributed by atoms with E-state index in [1.54, 1.807) is 0 Å². The molecule has 0 aliphatic heterocycles. The molecule has 1 aromatic rings. The van der Waals surface area contributed by atoms with Gasteiger partial charge in [0.15, 0.2) is 0 Å². The Morgan fingerprint density at radius 2 is 2.00 bits per heavy atom. The molecule has 2 nitrogen and oxygen atoms in total. The van der Waals surface area contributed by atoms with Crippen molar-refractivity contribution in [3.05, 3.63) is 28.8 Å². The van der Waals surface area contributed by atoms with Crippen molar-refractivity contribution in [2.45, 2.75) is 33.2 Å². The zero-order valence-electron chi connectivity index (χ0n) is 10.2. The summed E-state index contributed by atoms with van der Waals surface area (Å²) in [6.45, 7) is 7.01. The Morgan fingerprint density at radius 3 is 2.56 bits per heavy atom. The molecule has 0 radical (unpaired) electrons. The molecule has 0 bridgehead atoms. The molecule has 1 rings (SSSR count). The van der Waals surface area contributed by atoms with Crippen LogP contribution < -0.4 is 10.5 Å². The SMILES string of the molecule is CC(C)CCOc1ccc(Cl)cc1C(C)N. The lowest BCUT2D eigenvalue weighted by Gasteiger charge is -2.15. The highest BCUT2D eigenvalue weighted by molar-refractivity contribution is 6.30. The van der Waals surface area contributed by atoms with Gasteiger partial charge in [-0.05, 0) is 37.5 Å². The van der Waals surface area contributed by atoms with Gasteiger partial charge in [-0.25, -0.2) is 0 Å². The Hall–Kier alpha value is -0.730. The van der Waals surface area contributed by atoms with Crippen molar-refractivity contribution in [3.63, 3.8) is 0 Å². The van der Waals surface area contributed by atoms with Gasteiger partial charge in [-0.3, -0.25) is 0 Å². The first-order valence-corrected chi connectivity index (χ1v) is 6.06. The average Bonchev–Trinajstić information content (AvgIpc) is 2.19. The number of rotatable bonds is 5. The van der Waals surface area contributed by atoms with E-state index in [1.165, 1.54) is 0 Å². The predicted octanol–water partition coefficient (Wildman–Crippen LogP) is 3.78. The molecule has 90 valence electrons. The van der Waals surface area contributed by atoms with Crippen molar-refractivity contribution < 1.29 is 4.74 Å². The molecule has 0 fully saturated rings. The number of nitrogens with two attached hydrogens (primary N) is 1. The van der Waals surface area contributed by atoms with E-state index in [0.717, 1.165) is 24.3 Å². The van der Waals surface area contributed by atoms with E-state index in [0.29, 0.717) is 10.9 Å². The summed E-state index contributed by atoms with van der Waals surface area (Å²) in [5.74, 6) is 1.49. The molecule has 0 saturated carbocycles. The Balaban J connectivity index is 2.71. The number of hydrogen-bond acceptors (Lipinski definition) is 2. The second-order valence-corrected chi connectivity index (χ2v) is 4.94. The van der Waals surface area contributed by atoms with Crippen LogP contribution in [-0.4, -0.2) is 6.61 Å². The van der Waals surface area contributed by atoms with Crippen molar-refractivity contribution >= 4 is 11.6 Å². The molecule has 2 N–H and O–H groups in total. The molecule has 0 aromatic heterocycles. The lowest BCUT2D eigenvalue weighted by molar-refractivity contribution is 0.286. The van der Waals surface area contributed by atoms with Crippen LogP contribution in [0.15, 0.2) is 18.2 Å². The molecular formula is C13H20ClNO. The quantitative estimate of drug-likeness (QED) is 0.852. The Labute approximate surface area is 103 Å². The third kappa shape index (κ3) is 4.03. The van der Waals surface area contributed by atoms with E-state index in [1.807, 2.05) is 25.1 Å². The highest BCUT2D eigenvalue weighted by atomic mass is 35.5. The van der Waals surface area contributed by atoms with E-state index in [-0.39, 0.29) is 6.04 Å². The van der Waals surface area contributed by atoms with Crippen molar-refractivity contribution in [1.82, 2.24) is 0 Å². The van der Waals surface area contributed by atoms with Crippen LogP contribution in [0.4, 0.5) is 0 Å². The maximum absolute atomic E-state index is 5.93. The smallest absolute Gasteiger partial charge is 0.124 e. The third-order valence-corrected chi connectivity index (χ3v) is 2.65. The minimum atomic E-state index is -0.0623. The van der Waals surface area contributed by atoms with Crippen molar-refractivity contribution in [3.8, 4) is 5.75 Å². The number of benzene rings is 1. The van der Waals surface area contributed by atoms with Gasteiger partial charge in [0.1, 0.15) is 5.75 Å². The Kier molecular flexibility index (Phi) is 5.10. The van der Waals surface area contributed by atoms with Crippen LogP contribution in [0.2, 0.25) is 5.02 Å². The maximum Gasteiger partial charge on any atom is 0.124 e. The summed E-state index contributed by atoms with van der Waals surface area (Å²) >= 11 is 5.93. The molecule has 3 heteroatoms. The molecule has 0 saturated heterocycles. The van der Waals surface area contributed by atoms with Crippen LogP contribution in [0.1, 0.15) is 38.8 Å². The lowest BCUT2D eigenvalue weighted by Crippen LogP contribution is -2.09. The Bertz CT molecular complexity index is 337. The molecule has 1 unspecified atom stereocenters. The molecule has 16 heavy (non-hydrogen) atoms. The van der Waals surface area contributed by atoms with Crippen molar-refractivity contribution in [1.29, 1.82) is 0 Å². The summed E-state index contributed by atoms with van der Waals surface area (Å²) in [5.41, 5.74) is 6.85. The van der Waals surface area contributed by atoms with Crippen LogP contribution in [0.5, 0.6) is 5.75 Å². The number of hydrogen-bond donors (Lipinski definition) is 1. The molecule has 1 atom stereocenters. The molecule has 0 amide bonds. The van der Waals surface area contributed by atoms with Crippen LogP contribution >= 0.6 is 11.6 Å². The summed E-state index contributed by atoms with van der Waals surface area (Å²) in [6, 6.07) is 5.53. The molecule has 1 aromatic carbocycles. The fourth-order valence-corrected chi connectivity index (χ4v) is 1.59. The standard InChI is InChI=1S/C13H20ClNO/c1-9(2)6-7-16-13-5-4-11(14)8-12(13)10(3)15/h4-5,8-10H,6-7,15H2,1-3H3. The van der Waals surface area contributed by atoms with E-state index in [4.69, 9.17) is 22.1 Å². The second kappa shape index (κ2) is 6.12.